The molecule has 8 heteroatoms. The van der Waals surface area contributed by atoms with Crippen LogP contribution in [-0.2, 0) is 15.4 Å². The van der Waals surface area contributed by atoms with Crippen LogP contribution in [0.2, 0.25) is 0 Å². The highest BCUT2D eigenvalue weighted by molar-refractivity contribution is 7.91. The van der Waals surface area contributed by atoms with Gasteiger partial charge in [0.25, 0.3) is 0 Å². The molecular weight excluding hydrogens is 309 g/mol. The Morgan fingerprint density at radius 2 is 1.95 bits per heavy atom. The lowest BCUT2D eigenvalue weighted by atomic mass is 9.91. The van der Waals surface area contributed by atoms with Crippen LogP contribution in [-0.4, -0.2) is 31.4 Å². The molecule has 1 aromatic rings. The highest BCUT2D eigenvalue weighted by atomic mass is 32.2. The molecule has 0 radical (unpaired) electrons. The first-order valence-electron chi connectivity index (χ1n) is 6.30. The SMILES string of the molecule is CS(=O)(=O)C1CCCC1(O)c1ccccc1OC(F)(F)F. The summed E-state index contributed by atoms with van der Waals surface area (Å²) in [7, 11) is -3.61. The van der Waals surface area contributed by atoms with E-state index in [1.165, 1.54) is 18.2 Å². The maximum absolute atomic E-state index is 12.4. The molecule has 1 aliphatic rings. The molecule has 0 heterocycles. The highest BCUT2D eigenvalue weighted by Gasteiger charge is 2.50. The third kappa shape index (κ3) is 3.32. The van der Waals surface area contributed by atoms with Crippen molar-refractivity contribution in [2.45, 2.75) is 36.5 Å². The molecule has 0 bridgehead atoms. The van der Waals surface area contributed by atoms with Crippen molar-refractivity contribution >= 4 is 9.84 Å². The molecule has 1 fully saturated rings. The second-order valence-electron chi connectivity index (χ2n) is 5.18. The number of hydrogen-bond donors (Lipinski definition) is 1. The number of halogens is 3. The Hall–Kier alpha value is -1.28. The Kier molecular flexibility index (Phi) is 3.96. The molecule has 2 rings (SSSR count). The van der Waals surface area contributed by atoms with E-state index in [4.69, 9.17) is 0 Å². The summed E-state index contributed by atoms with van der Waals surface area (Å²) in [6.07, 6.45) is -3.25. The van der Waals surface area contributed by atoms with E-state index in [9.17, 15) is 26.7 Å². The average Bonchev–Trinajstić information content (AvgIpc) is 2.70. The average molecular weight is 324 g/mol. The molecule has 4 nitrogen and oxygen atoms in total. The fourth-order valence-electron chi connectivity index (χ4n) is 2.87. The molecule has 1 saturated carbocycles. The number of para-hydroxylation sites is 1. The van der Waals surface area contributed by atoms with Crippen molar-refractivity contribution in [2.75, 3.05) is 6.26 Å². The van der Waals surface area contributed by atoms with Crippen LogP contribution >= 0.6 is 0 Å². The number of hydrogen-bond acceptors (Lipinski definition) is 4. The quantitative estimate of drug-likeness (QED) is 0.927. The van der Waals surface area contributed by atoms with Crippen LogP contribution in [0.1, 0.15) is 24.8 Å². The van der Waals surface area contributed by atoms with Crippen LogP contribution in [0.5, 0.6) is 5.75 Å². The number of sulfone groups is 1. The zero-order valence-corrected chi connectivity index (χ0v) is 12.0. The fraction of sp³-hybridized carbons (Fsp3) is 0.538. The minimum atomic E-state index is -4.91. The van der Waals surface area contributed by atoms with E-state index < -0.39 is 32.8 Å². The van der Waals surface area contributed by atoms with Crippen LogP contribution in [0.25, 0.3) is 0 Å². The Balaban J connectivity index is 2.50. The number of benzene rings is 1. The molecule has 21 heavy (non-hydrogen) atoms. The molecule has 1 aromatic carbocycles. The van der Waals surface area contributed by atoms with Gasteiger partial charge in [0.05, 0.1) is 5.25 Å². The summed E-state index contributed by atoms with van der Waals surface area (Å²) in [6.45, 7) is 0. The Bertz CT molecular complexity index is 627. The van der Waals surface area contributed by atoms with Gasteiger partial charge in [0.1, 0.15) is 11.4 Å². The van der Waals surface area contributed by atoms with Crippen molar-refractivity contribution < 1.29 is 31.4 Å². The molecular formula is C13H15F3O4S. The van der Waals surface area contributed by atoms with Crippen LogP contribution < -0.4 is 4.74 Å². The number of rotatable bonds is 3. The summed E-state index contributed by atoms with van der Waals surface area (Å²) in [4.78, 5) is 0. The van der Waals surface area contributed by atoms with Gasteiger partial charge in [-0.2, -0.15) is 0 Å². The molecule has 2 unspecified atom stereocenters. The van der Waals surface area contributed by atoms with Crippen molar-refractivity contribution in [1.29, 1.82) is 0 Å². The van der Waals surface area contributed by atoms with Crippen molar-refractivity contribution in [2.24, 2.45) is 0 Å². The van der Waals surface area contributed by atoms with Crippen molar-refractivity contribution in [1.82, 2.24) is 0 Å². The van der Waals surface area contributed by atoms with E-state index in [1.54, 1.807) is 0 Å². The molecule has 2 atom stereocenters. The predicted molar refractivity (Wildman–Crippen MR) is 69.5 cm³/mol. The predicted octanol–water partition coefficient (Wildman–Crippen LogP) is 2.37. The lowest BCUT2D eigenvalue weighted by molar-refractivity contribution is -0.275. The number of aliphatic hydroxyl groups is 1. The standard InChI is InChI=1S/C13H15F3O4S/c1-21(18,19)11-7-4-8-12(11,17)9-5-2-3-6-10(9)20-13(14,15)16/h2-3,5-6,11,17H,4,7-8H2,1H3. The minimum Gasteiger partial charge on any atom is -0.405 e. The molecule has 0 amide bonds. The third-order valence-electron chi connectivity index (χ3n) is 3.65. The first-order chi connectivity index (χ1) is 9.54. The van der Waals surface area contributed by atoms with Gasteiger partial charge in [-0.05, 0) is 25.3 Å². The molecule has 0 saturated heterocycles. The third-order valence-corrected chi connectivity index (χ3v) is 5.31. The zero-order valence-electron chi connectivity index (χ0n) is 11.2. The fourth-order valence-corrected chi connectivity index (χ4v) is 4.42. The Morgan fingerprint density at radius 1 is 1.33 bits per heavy atom. The van der Waals surface area contributed by atoms with Crippen LogP contribution in [0.15, 0.2) is 24.3 Å². The van der Waals surface area contributed by atoms with E-state index >= 15 is 0 Å². The van der Waals surface area contributed by atoms with Crippen molar-refractivity contribution in [3.05, 3.63) is 29.8 Å². The lowest BCUT2D eigenvalue weighted by Gasteiger charge is -2.31. The smallest absolute Gasteiger partial charge is 0.405 e. The second kappa shape index (κ2) is 5.17. The number of ether oxygens (including phenoxy) is 1. The lowest BCUT2D eigenvalue weighted by Crippen LogP contribution is -2.40. The van der Waals surface area contributed by atoms with Gasteiger partial charge in [-0.1, -0.05) is 18.2 Å². The molecule has 1 aliphatic carbocycles. The Labute approximate surface area is 120 Å². The van der Waals surface area contributed by atoms with Gasteiger partial charge >= 0.3 is 6.36 Å². The van der Waals surface area contributed by atoms with E-state index in [0.717, 1.165) is 12.3 Å². The van der Waals surface area contributed by atoms with Gasteiger partial charge in [-0.3, -0.25) is 0 Å². The van der Waals surface area contributed by atoms with Gasteiger partial charge in [0.2, 0.25) is 0 Å². The largest absolute Gasteiger partial charge is 0.573 e. The molecule has 0 aromatic heterocycles. The normalized spacial score (nSPS) is 26.8. The van der Waals surface area contributed by atoms with E-state index in [1.807, 2.05) is 0 Å². The first kappa shape index (κ1) is 16.1. The van der Waals surface area contributed by atoms with E-state index in [2.05, 4.69) is 4.74 Å². The first-order valence-corrected chi connectivity index (χ1v) is 8.26. The summed E-state index contributed by atoms with van der Waals surface area (Å²) < 4.78 is 64.8. The molecule has 0 spiro atoms. The van der Waals surface area contributed by atoms with Crippen molar-refractivity contribution in [3.8, 4) is 5.75 Å². The van der Waals surface area contributed by atoms with Crippen LogP contribution in [0, 0.1) is 0 Å². The van der Waals surface area contributed by atoms with Gasteiger partial charge < -0.3 is 9.84 Å². The monoisotopic (exact) mass is 324 g/mol. The Morgan fingerprint density at radius 3 is 2.52 bits per heavy atom. The van der Waals surface area contributed by atoms with Gasteiger partial charge in [0, 0.05) is 11.8 Å². The van der Waals surface area contributed by atoms with Crippen LogP contribution in [0.3, 0.4) is 0 Å². The zero-order chi connectivity index (χ0) is 15.9. The summed E-state index contributed by atoms with van der Waals surface area (Å²) in [5.41, 5.74) is -2.01. The van der Waals surface area contributed by atoms with Gasteiger partial charge in [0.15, 0.2) is 9.84 Å². The van der Waals surface area contributed by atoms with E-state index in [0.29, 0.717) is 6.42 Å². The number of alkyl halides is 3. The topological polar surface area (TPSA) is 63.6 Å². The van der Waals surface area contributed by atoms with E-state index in [-0.39, 0.29) is 18.4 Å². The summed E-state index contributed by atoms with van der Waals surface area (Å²) in [5.74, 6) is -0.567. The molecule has 1 N–H and O–H groups in total. The molecule has 118 valence electrons. The molecule has 0 aliphatic heterocycles. The highest BCUT2D eigenvalue weighted by Crippen LogP contribution is 2.46. The van der Waals surface area contributed by atoms with Gasteiger partial charge in [-0.25, -0.2) is 8.42 Å². The minimum absolute atomic E-state index is 0.0724. The summed E-state index contributed by atoms with van der Waals surface area (Å²) >= 11 is 0. The summed E-state index contributed by atoms with van der Waals surface area (Å²) in [5, 5.41) is 9.57. The van der Waals surface area contributed by atoms with Gasteiger partial charge in [-0.15, -0.1) is 13.2 Å². The maximum atomic E-state index is 12.4. The second-order valence-corrected chi connectivity index (χ2v) is 7.41. The van der Waals surface area contributed by atoms with Crippen LogP contribution in [0.4, 0.5) is 13.2 Å². The van der Waals surface area contributed by atoms with Crippen molar-refractivity contribution in [3.63, 3.8) is 0 Å². The maximum Gasteiger partial charge on any atom is 0.573 e. The summed E-state index contributed by atoms with van der Waals surface area (Å²) in [6, 6.07) is 5.11.